The van der Waals surface area contributed by atoms with Gasteiger partial charge in [-0.05, 0) is 55.0 Å². The summed E-state index contributed by atoms with van der Waals surface area (Å²) in [6.07, 6.45) is 1.57. The fourth-order valence-electron chi connectivity index (χ4n) is 2.94. The summed E-state index contributed by atoms with van der Waals surface area (Å²) in [5.74, 6) is 0.347. The van der Waals surface area contributed by atoms with E-state index in [0.717, 1.165) is 16.8 Å². The second-order valence-electron chi connectivity index (χ2n) is 7.18. The molecule has 4 aromatic rings. The highest BCUT2D eigenvalue weighted by molar-refractivity contribution is 7.87. The number of nitrogens with one attached hydrogen (secondary N) is 1. The number of thiazole rings is 1. The molecule has 0 amide bonds. The summed E-state index contributed by atoms with van der Waals surface area (Å²) >= 11 is 7.35. The third-order valence-corrected chi connectivity index (χ3v) is 6.96. The van der Waals surface area contributed by atoms with Gasteiger partial charge in [0.1, 0.15) is 4.90 Å². The standard InChI is InChI=1S/C24H20ClN3O4S2/c1-16-3-10-20(11-4-16)34(29,30)32-22-12-5-17(13-23(22)31-2)14-26-28-24-27-21(15-33-24)18-6-8-19(25)9-7-18/h3-15H,1-2H3,(H,27,28)/b26-14-. The van der Waals surface area contributed by atoms with Crippen LogP contribution < -0.4 is 14.3 Å². The minimum atomic E-state index is -3.99. The first-order valence-corrected chi connectivity index (χ1v) is 12.7. The zero-order valence-electron chi connectivity index (χ0n) is 18.2. The van der Waals surface area contributed by atoms with Crippen LogP contribution in [0.5, 0.6) is 11.5 Å². The number of benzene rings is 3. The molecule has 0 aliphatic rings. The number of hydrazone groups is 1. The normalized spacial score (nSPS) is 11.5. The first kappa shape index (κ1) is 23.7. The molecule has 1 aromatic heterocycles. The van der Waals surface area contributed by atoms with Crippen LogP contribution in [-0.4, -0.2) is 26.7 Å². The molecule has 1 N–H and O–H groups in total. The van der Waals surface area contributed by atoms with E-state index < -0.39 is 10.1 Å². The molecular weight excluding hydrogens is 494 g/mol. The Hall–Kier alpha value is -3.40. The molecule has 0 saturated heterocycles. The lowest BCUT2D eigenvalue weighted by Gasteiger charge is -2.11. The van der Waals surface area contributed by atoms with E-state index in [-0.39, 0.29) is 16.4 Å². The average Bonchev–Trinajstić information content (AvgIpc) is 3.29. The number of nitrogens with zero attached hydrogens (tertiary/aromatic N) is 2. The Balaban J connectivity index is 1.44. The number of ether oxygens (including phenoxy) is 1. The Bertz CT molecular complexity index is 1420. The van der Waals surface area contributed by atoms with E-state index in [1.807, 2.05) is 36.6 Å². The van der Waals surface area contributed by atoms with Crippen LogP contribution in [-0.2, 0) is 10.1 Å². The van der Waals surface area contributed by atoms with Crippen LogP contribution in [0.25, 0.3) is 11.3 Å². The molecule has 0 saturated carbocycles. The lowest BCUT2D eigenvalue weighted by molar-refractivity contribution is 0.390. The van der Waals surface area contributed by atoms with Crippen molar-refractivity contribution in [2.75, 3.05) is 12.5 Å². The van der Waals surface area contributed by atoms with E-state index in [4.69, 9.17) is 20.5 Å². The second-order valence-corrected chi connectivity index (χ2v) is 10.0. The maximum absolute atomic E-state index is 12.6. The van der Waals surface area contributed by atoms with Crippen molar-refractivity contribution in [2.24, 2.45) is 5.10 Å². The maximum Gasteiger partial charge on any atom is 0.339 e. The van der Waals surface area contributed by atoms with Crippen LogP contribution in [0.1, 0.15) is 11.1 Å². The Labute approximate surface area is 206 Å². The zero-order valence-corrected chi connectivity index (χ0v) is 20.6. The molecule has 174 valence electrons. The first-order valence-electron chi connectivity index (χ1n) is 10.0. The Morgan fingerprint density at radius 1 is 1.03 bits per heavy atom. The summed E-state index contributed by atoms with van der Waals surface area (Å²) in [6, 6.07) is 18.7. The van der Waals surface area contributed by atoms with Gasteiger partial charge < -0.3 is 8.92 Å². The quantitative estimate of drug-likeness (QED) is 0.177. The van der Waals surface area contributed by atoms with Crippen molar-refractivity contribution in [3.63, 3.8) is 0 Å². The van der Waals surface area contributed by atoms with Crippen molar-refractivity contribution in [1.29, 1.82) is 0 Å². The monoisotopic (exact) mass is 513 g/mol. The molecule has 0 spiro atoms. The molecule has 34 heavy (non-hydrogen) atoms. The van der Waals surface area contributed by atoms with Crippen molar-refractivity contribution < 1.29 is 17.3 Å². The fraction of sp³-hybridized carbons (Fsp3) is 0.0833. The van der Waals surface area contributed by atoms with E-state index in [0.29, 0.717) is 15.7 Å². The summed E-state index contributed by atoms with van der Waals surface area (Å²) in [6.45, 7) is 1.88. The summed E-state index contributed by atoms with van der Waals surface area (Å²) < 4.78 is 35.8. The van der Waals surface area contributed by atoms with Crippen LogP contribution in [0.2, 0.25) is 5.02 Å². The van der Waals surface area contributed by atoms with E-state index in [2.05, 4.69) is 15.5 Å². The minimum Gasteiger partial charge on any atom is -0.493 e. The molecule has 0 fully saturated rings. The highest BCUT2D eigenvalue weighted by Gasteiger charge is 2.19. The van der Waals surface area contributed by atoms with Gasteiger partial charge in [0.25, 0.3) is 0 Å². The van der Waals surface area contributed by atoms with Crippen LogP contribution in [0.15, 0.2) is 82.1 Å². The van der Waals surface area contributed by atoms with Gasteiger partial charge in [0.05, 0.1) is 19.0 Å². The molecule has 0 bridgehead atoms. The maximum atomic E-state index is 12.6. The summed E-state index contributed by atoms with van der Waals surface area (Å²) in [5.41, 5.74) is 6.30. The Kier molecular flexibility index (Phi) is 7.16. The lowest BCUT2D eigenvalue weighted by Crippen LogP contribution is -2.10. The van der Waals surface area contributed by atoms with Gasteiger partial charge in [0.15, 0.2) is 11.5 Å². The number of aromatic nitrogens is 1. The average molecular weight is 514 g/mol. The van der Waals surface area contributed by atoms with Crippen LogP contribution in [0.3, 0.4) is 0 Å². The molecule has 0 aliphatic heterocycles. The predicted molar refractivity (Wildman–Crippen MR) is 136 cm³/mol. The molecule has 0 unspecified atom stereocenters. The third-order valence-electron chi connectivity index (χ3n) is 4.71. The number of halogens is 1. The number of rotatable bonds is 8. The number of aryl methyl sites for hydroxylation is 1. The van der Waals surface area contributed by atoms with Crippen molar-refractivity contribution in [2.45, 2.75) is 11.8 Å². The van der Waals surface area contributed by atoms with Gasteiger partial charge in [-0.25, -0.2) is 4.98 Å². The van der Waals surface area contributed by atoms with Crippen molar-refractivity contribution in [3.05, 3.63) is 88.3 Å². The number of methoxy groups -OCH3 is 1. The predicted octanol–water partition coefficient (Wildman–Crippen LogP) is 5.99. The molecule has 1 heterocycles. The first-order chi connectivity index (χ1) is 16.3. The highest BCUT2D eigenvalue weighted by atomic mass is 35.5. The molecular formula is C24H20ClN3O4S2. The number of anilines is 1. The molecule has 4 rings (SSSR count). The minimum absolute atomic E-state index is 0.0661. The smallest absolute Gasteiger partial charge is 0.339 e. The topological polar surface area (TPSA) is 89.9 Å². The SMILES string of the molecule is COc1cc(/C=N\Nc2nc(-c3ccc(Cl)cc3)cs2)ccc1OS(=O)(=O)c1ccc(C)cc1. The molecule has 3 aromatic carbocycles. The van der Waals surface area contributed by atoms with Gasteiger partial charge in [-0.1, -0.05) is 41.4 Å². The van der Waals surface area contributed by atoms with Crippen LogP contribution in [0, 0.1) is 6.92 Å². The van der Waals surface area contributed by atoms with Gasteiger partial charge in [-0.2, -0.15) is 13.5 Å². The van der Waals surface area contributed by atoms with Gasteiger partial charge >= 0.3 is 10.1 Å². The van der Waals surface area contributed by atoms with Crippen LogP contribution >= 0.6 is 22.9 Å². The van der Waals surface area contributed by atoms with Crippen LogP contribution in [0.4, 0.5) is 5.13 Å². The Morgan fingerprint density at radius 2 is 1.76 bits per heavy atom. The van der Waals surface area contributed by atoms with E-state index in [1.165, 1.54) is 36.6 Å². The zero-order chi connectivity index (χ0) is 24.1. The summed E-state index contributed by atoms with van der Waals surface area (Å²) in [5, 5.41) is 7.42. The van der Waals surface area contributed by atoms with Crippen molar-refractivity contribution in [1.82, 2.24) is 4.98 Å². The second kappa shape index (κ2) is 10.3. The Morgan fingerprint density at radius 3 is 2.47 bits per heavy atom. The van der Waals surface area contributed by atoms with Gasteiger partial charge in [-0.15, -0.1) is 11.3 Å². The summed E-state index contributed by atoms with van der Waals surface area (Å²) in [4.78, 5) is 4.57. The third kappa shape index (κ3) is 5.74. The number of hydrogen-bond donors (Lipinski definition) is 1. The van der Waals surface area contributed by atoms with Crippen molar-refractivity contribution >= 4 is 44.4 Å². The largest absolute Gasteiger partial charge is 0.493 e. The van der Waals surface area contributed by atoms with E-state index in [9.17, 15) is 8.42 Å². The van der Waals surface area contributed by atoms with Gasteiger partial charge in [0.2, 0.25) is 5.13 Å². The molecule has 0 atom stereocenters. The number of hydrogen-bond acceptors (Lipinski definition) is 8. The van der Waals surface area contributed by atoms with E-state index in [1.54, 1.807) is 30.5 Å². The fourth-order valence-corrected chi connectivity index (χ4v) is 4.68. The lowest BCUT2D eigenvalue weighted by atomic mass is 10.2. The highest BCUT2D eigenvalue weighted by Crippen LogP contribution is 2.31. The molecule has 0 aliphatic carbocycles. The molecule has 7 nitrogen and oxygen atoms in total. The molecule has 0 radical (unpaired) electrons. The van der Waals surface area contributed by atoms with Gasteiger partial charge in [0, 0.05) is 16.0 Å². The summed E-state index contributed by atoms with van der Waals surface area (Å²) in [7, 11) is -2.55. The molecule has 10 heteroatoms. The van der Waals surface area contributed by atoms with Gasteiger partial charge in [-0.3, -0.25) is 5.43 Å². The van der Waals surface area contributed by atoms with Crippen molar-refractivity contribution in [3.8, 4) is 22.8 Å². The van der Waals surface area contributed by atoms with E-state index >= 15 is 0 Å².